The summed E-state index contributed by atoms with van der Waals surface area (Å²) in [5, 5.41) is 12.9. The molecule has 0 aliphatic carbocycles. The molecule has 0 bridgehead atoms. The minimum atomic E-state index is -0.279. The zero-order chi connectivity index (χ0) is 17.1. The van der Waals surface area contributed by atoms with Crippen LogP contribution in [0.3, 0.4) is 0 Å². The van der Waals surface area contributed by atoms with Gasteiger partial charge in [0, 0.05) is 6.54 Å². The molecule has 1 aliphatic heterocycles. The fourth-order valence-corrected chi connectivity index (χ4v) is 3.51. The first-order chi connectivity index (χ1) is 11.6. The lowest BCUT2D eigenvalue weighted by atomic mass is 9.93. The molecular weight excluding hydrogens is 300 g/mol. The van der Waals surface area contributed by atoms with Crippen molar-refractivity contribution in [2.24, 2.45) is 0 Å². The summed E-state index contributed by atoms with van der Waals surface area (Å²) in [6, 6.07) is 15.6. The van der Waals surface area contributed by atoms with Gasteiger partial charge in [0.05, 0.1) is 18.7 Å². The number of nitrogens with zero attached hydrogens (tertiary/aromatic N) is 1. The van der Waals surface area contributed by atoms with E-state index in [1.54, 1.807) is 4.90 Å². The van der Waals surface area contributed by atoms with Gasteiger partial charge in [0.25, 0.3) is 0 Å². The van der Waals surface area contributed by atoms with E-state index < -0.39 is 0 Å². The normalized spacial score (nSPS) is 18.0. The Hall–Kier alpha value is -2.33. The number of urea groups is 1. The lowest BCUT2D eigenvalue weighted by molar-refractivity contribution is 0.125. The van der Waals surface area contributed by atoms with Crippen molar-refractivity contribution in [2.45, 2.75) is 32.4 Å². The van der Waals surface area contributed by atoms with Crippen molar-refractivity contribution in [1.82, 2.24) is 10.2 Å². The summed E-state index contributed by atoms with van der Waals surface area (Å²) in [5.41, 5.74) is 4.54. The number of amides is 2. The molecule has 2 aromatic carbocycles. The van der Waals surface area contributed by atoms with Crippen LogP contribution in [-0.4, -0.2) is 29.2 Å². The van der Waals surface area contributed by atoms with Gasteiger partial charge in [-0.2, -0.15) is 0 Å². The lowest BCUT2D eigenvalue weighted by Gasteiger charge is -2.37. The maximum Gasteiger partial charge on any atom is 0.318 e. The van der Waals surface area contributed by atoms with Gasteiger partial charge >= 0.3 is 6.03 Å². The van der Waals surface area contributed by atoms with Crippen molar-refractivity contribution in [3.63, 3.8) is 0 Å². The Morgan fingerprint density at radius 2 is 1.96 bits per heavy atom. The van der Waals surface area contributed by atoms with Crippen LogP contribution in [0.25, 0.3) is 0 Å². The van der Waals surface area contributed by atoms with E-state index in [0.29, 0.717) is 6.54 Å². The SMILES string of the molecule is Cc1ccccc1C(C)NC(=O)N1CCc2ccccc2C1CO. The average Bonchev–Trinajstić information content (AvgIpc) is 2.60. The van der Waals surface area contributed by atoms with Gasteiger partial charge in [-0.15, -0.1) is 0 Å². The summed E-state index contributed by atoms with van der Waals surface area (Å²) in [4.78, 5) is 14.5. The van der Waals surface area contributed by atoms with Crippen LogP contribution in [0.5, 0.6) is 0 Å². The first-order valence-electron chi connectivity index (χ1n) is 8.43. The zero-order valence-corrected chi connectivity index (χ0v) is 14.2. The summed E-state index contributed by atoms with van der Waals surface area (Å²) in [6.45, 7) is 4.59. The van der Waals surface area contributed by atoms with Gasteiger partial charge in [-0.05, 0) is 42.5 Å². The highest BCUT2D eigenvalue weighted by Crippen LogP contribution is 2.29. The highest BCUT2D eigenvalue weighted by atomic mass is 16.3. The molecule has 126 valence electrons. The van der Waals surface area contributed by atoms with E-state index in [0.717, 1.165) is 23.1 Å². The van der Waals surface area contributed by atoms with E-state index in [4.69, 9.17) is 0 Å². The monoisotopic (exact) mass is 324 g/mol. The molecule has 0 saturated heterocycles. The van der Waals surface area contributed by atoms with Gasteiger partial charge in [-0.1, -0.05) is 48.5 Å². The maximum absolute atomic E-state index is 12.8. The molecule has 24 heavy (non-hydrogen) atoms. The zero-order valence-electron chi connectivity index (χ0n) is 14.2. The van der Waals surface area contributed by atoms with Crippen molar-refractivity contribution in [3.05, 3.63) is 70.8 Å². The van der Waals surface area contributed by atoms with Crippen LogP contribution in [0.1, 0.15) is 41.3 Å². The summed E-state index contributed by atoms with van der Waals surface area (Å²) in [5.74, 6) is 0. The van der Waals surface area contributed by atoms with Gasteiger partial charge in [-0.25, -0.2) is 4.79 Å². The second-order valence-corrected chi connectivity index (χ2v) is 6.37. The number of aryl methyl sites for hydroxylation is 1. The molecule has 4 nitrogen and oxygen atoms in total. The van der Waals surface area contributed by atoms with Gasteiger partial charge in [-0.3, -0.25) is 0 Å². The Morgan fingerprint density at radius 1 is 1.25 bits per heavy atom. The van der Waals surface area contributed by atoms with Crippen molar-refractivity contribution in [3.8, 4) is 0 Å². The van der Waals surface area contributed by atoms with Crippen LogP contribution in [0.4, 0.5) is 4.79 Å². The predicted octanol–water partition coefficient (Wildman–Crippen LogP) is 3.36. The van der Waals surface area contributed by atoms with Gasteiger partial charge in [0.1, 0.15) is 0 Å². The molecule has 4 heteroatoms. The molecule has 2 atom stereocenters. The van der Waals surface area contributed by atoms with Gasteiger partial charge in [0.2, 0.25) is 0 Å². The first kappa shape index (κ1) is 16.5. The van der Waals surface area contributed by atoms with E-state index in [9.17, 15) is 9.90 Å². The quantitative estimate of drug-likeness (QED) is 0.909. The number of carbonyl (C=O) groups excluding carboxylic acids is 1. The van der Waals surface area contributed by atoms with Crippen molar-refractivity contribution < 1.29 is 9.90 Å². The summed E-state index contributed by atoms with van der Waals surface area (Å²) >= 11 is 0. The van der Waals surface area contributed by atoms with Crippen LogP contribution >= 0.6 is 0 Å². The third-order valence-electron chi connectivity index (χ3n) is 4.84. The van der Waals surface area contributed by atoms with Gasteiger partial charge < -0.3 is 15.3 Å². The number of aliphatic hydroxyl groups excluding tert-OH is 1. The number of fused-ring (bicyclic) bond motifs is 1. The average molecular weight is 324 g/mol. The van der Waals surface area contributed by atoms with E-state index in [2.05, 4.69) is 11.4 Å². The smallest absolute Gasteiger partial charge is 0.318 e. The molecule has 2 aromatic rings. The Bertz CT molecular complexity index is 729. The number of nitrogens with one attached hydrogen (secondary N) is 1. The molecule has 1 heterocycles. The van der Waals surface area contributed by atoms with Crippen LogP contribution < -0.4 is 5.32 Å². The van der Waals surface area contributed by atoms with Gasteiger partial charge in [0.15, 0.2) is 0 Å². The Balaban J connectivity index is 1.77. The van der Waals surface area contributed by atoms with Crippen LogP contribution in [0, 0.1) is 6.92 Å². The number of hydrogen-bond donors (Lipinski definition) is 2. The fraction of sp³-hybridized carbons (Fsp3) is 0.350. The number of aliphatic hydroxyl groups is 1. The third-order valence-corrected chi connectivity index (χ3v) is 4.84. The fourth-order valence-electron chi connectivity index (χ4n) is 3.51. The Labute approximate surface area is 143 Å². The maximum atomic E-state index is 12.8. The second kappa shape index (κ2) is 7.05. The lowest BCUT2D eigenvalue weighted by Crippen LogP contribution is -2.47. The number of hydrogen-bond acceptors (Lipinski definition) is 2. The number of rotatable bonds is 3. The van der Waals surface area contributed by atoms with E-state index >= 15 is 0 Å². The molecule has 0 spiro atoms. The van der Waals surface area contributed by atoms with Crippen LogP contribution in [0.2, 0.25) is 0 Å². The minimum Gasteiger partial charge on any atom is -0.394 e. The molecule has 0 radical (unpaired) electrons. The standard InChI is InChI=1S/C20H24N2O2/c1-14-7-3-5-9-17(14)15(2)21-20(24)22-12-11-16-8-4-6-10-18(16)19(22)13-23/h3-10,15,19,23H,11-13H2,1-2H3,(H,21,24). The van der Waals surface area contributed by atoms with E-state index in [1.165, 1.54) is 5.56 Å². The molecule has 0 saturated carbocycles. The second-order valence-electron chi connectivity index (χ2n) is 6.37. The largest absolute Gasteiger partial charge is 0.394 e. The summed E-state index contributed by atoms with van der Waals surface area (Å²) in [6.07, 6.45) is 0.818. The Kier molecular flexibility index (Phi) is 4.86. The molecule has 2 unspecified atom stereocenters. The Morgan fingerprint density at radius 3 is 2.71 bits per heavy atom. The van der Waals surface area contributed by atoms with E-state index in [1.807, 2.05) is 56.3 Å². The number of benzene rings is 2. The minimum absolute atomic E-state index is 0.0663. The van der Waals surface area contributed by atoms with Crippen molar-refractivity contribution in [1.29, 1.82) is 0 Å². The van der Waals surface area contributed by atoms with Crippen LogP contribution in [0.15, 0.2) is 48.5 Å². The molecule has 0 aromatic heterocycles. The third kappa shape index (κ3) is 3.15. The molecule has 2 amide bonds. The molecule has 0 fully saturated rings. The first-order valence-corrected chi connectivity index (χ1v) is 8.43. The topological polar surface area (TPSA) is 52.6 Å². The molecule has 1 aliphatic rings. The summed E-state index contributed by atoms with van der Waals surface area (Å²) in [7, 11) is 0. The van der Waals surface area contributed by atoms with Crippen LogP contribution in [-0.2, 0) is 6.42 Å². The predicted molar refractivity (Wildman–Crippen MR) is 94.8 cm³/mol. The molecule has 3 rings (SSSR count). The highest BCUT2D eigenvalue weighted by Gasteiger charge is 2.30. The highest BCUT2D eigenvalue weighted by molar-refractivity contribution is 5.76. The van der Waals surface area contributed by atoms with Crippen molar-refractivity contribution >= 4 is 6.03 Å². The molecule has 2 N–H and O–H groups in total. The van der Waals surface area contributed by atoms with Crippen molar-refractivity contribution in [2.75, 3.05) is 13.2 Å². The molecular formula is C20H24N2O2. The number of carbonyl (C=O) groups is 1. The van der Waals surface area contributed by atoms with E-state index in [-0.39, 0.29) is 24.7 Å². The summed E-state index contributed by atoms with van der Waals surface area (Å²) < 4.78 is 0.